The maximum atomic E-state index is 11.1. The molecule has 0 aromatic rings. The quantitative estimate of drug-likeness (QED) is 0.466. The normalized spacial score (nSPS) is 12.9. The van der Waals surface area contributed by atoms with Crippen molar-refractivity contribution in [2.75, 3.05) is 34.0 Å². The smallest absolute Gasteiger partial charge is 0.325 e. The van der Waals surface area contributed by atoms with Crippen molar-refractivity contribution in [3.8, 4) is 0 Å². The zero-order chi connectivity index (χ0) is 11.7. The van der Waals surface area contributed by atoms with Crippen LogP contribution in [-0.2, 0) is 19.0 Å². The molecule has 15 heavy (non-hydrogen) atoms. The zero-order valence-corrected chi connectivity index (χ0v) is 9.91. The molecule has 0 aliphatic heterocycles. The third-order valence-corrected chi connectivity index (χ3v) is 1.80. The Balaban J connectivity index is 3.51. The van der Waals surface area contributed by atoms with E-state index in [0.29, 0.717) is 19.8 Å². The Bertz CT molecular complexity index is 173. The number of likely N-dealkylation sites (N-methyl/N-ethyl adjacent to an activating group) is 1. The minimum absolute atomic E-state index is 0.203. The molecule has 0 bridgehead atoms. The molecule has 0 aromatic heterocycles. The van der Waals surface area contributed by atoms with E-state index < -0.39 is 6.04 Å². The summed E-state index contributed by atoms with van der Waals surface area (Å²) in [4.78, 5) is 11.1. The van der Waals surface area contributed by atoms with Crippen molar-refractivity contribution in [2.24, 2.45) is 0 Å². The summed E-state index contributed by atoms with van der Waals surface area (Å²) in [6.45, 7) is 5.24. The van der Waals surface area contributed by atoms with Crippen molar-refractivity contribution in [1.82, 2.24) is 5.32 Å². The number of methoxy groups -OCH3 is 1. The third kappa shape index (κ3) is 7.30. The molecule has 0 amide bonds. The molecular formula is C10H21NO4. The van der Waals surface area contributed by atoms with Gasteiger partial charge in [0.05, 0.1) is 33.0 Å². The molecule has 1 unspecified atom stereocenters. The zero-order valence-electron chi connectivity index (χ0n) is 9.91. The molecule has 0 aromatic carbocycles. The van der Waals surface area contributed by atoms with Crippen LogP contribution in [0.25, 0.3) is 0 Å². The van der Waals surface area contributed by atoms with Gasteiger partial charge in [-0.2, -0.15) is 0 Å². The van der Waals surface area contributed by atoms with Gasteiger partial charge in [0.25, 0.3) is 0 Å². The first kappa shape index (κ1) is 14.3. The second-order valence-corrected chi connectivity index (χ2v) is 3.36. The van der Waals surface area contributed by atoms with Crippen molar-refractivity contribution in [3.63, 3.8) is 0 Å². The summed E-state index contributed by atoms with van der Waals surface area (Å²) in [5.74, 6) is -0.317. The molecule has 0 heterocycles. The summed E-state index contributed by atoms with van der Waals surface area (Å²) in [6.07, 6.45) is 0.203. The number of nitrogens with one attached hydrogen (secondary N) is 1. The van der Waals surface area contributed by atoms with Gasteiger partial charge >= 0.3 is 5.97 Å². The van der Waals surface area contributed by atoms with E-state index in [0.717, 1.165) is 0 Å². The average molecular weight is 219 g/mol. The lowest BCUT2D eigenvalue weighted by Gasteiger charge is -2.14. The van der Waals surface area contributed by atoms with Crippen molar-refractivity contribution >= 4 is 5.97 Å². The highest BCUT2D eigenvalue weighted by molar-refractivity contribution is 5.75. The minimum atomic E-state index is -0.408. The Hall–Kier alpha value is -0.650. The highest BCUT2D eigenvalue weighted by Gasteiger charge is 2.16. The molecule has 0 radical (unpaired) electrons. The molecular weight excluding hydrogens is 198 g/mol. The number of hydrogen-bond acceptors (Lipinski definition) is 5. The summed E-state index contributed by atoms with van der Waals surface area (Å²) in [6, 6.07) is -0.408. The largest absolute Gasteiger partial charge is 0.468 e. The lowest BCUT2D eigenvalue weighted by molar-refractivity contribution is -0.144. The van der Waals surface area contributed by atoms with E-state index >= 15 is 0 Å². The van der Waals surface area contributed by atoms with Gasteiger partial charge in [0.1, 0.15) is 6.04 Å². The maximum absolute atomic E-state index is 11.1. The monoisotopic (exact) mass is 219 g/mol. The molecule has 0 aliphatic rings. The predicted molar refractivity (Wildman–Crippen MR) is 56.8 cm³/mol. The molecule has 0 saturated carbocycles. The number of esters is 1. The van der Waals surface area contributed by atoms with E-state index in [1.165, 1.54) is 7.11 Å². The molecule has 0 saturated heterocycles. The molecule has 1 atom stereocenters. The number of rotatable bonds is 8. The third-order valence-electron chi connectivity index (χ3n) is 1.80. The first-order valence-electron chi connectivity index (χ1n) is 5.06. The Labute approximate surface area is 91.1 Å². The van der Waals surface area contributed by atoms with E-state index in [-0.39, 0.29) is 12.1 Å². The topological polar surface area (TPSA) is 56.8 Å². The highest BCUT2D eigenvalue weighted by Crippen LogP contribution is 1.91. The number of hydrogen-bond donors (Lipinski definition) is 1. The fraction of sp³-hybridized carbons (Fsp3) is 0.900. The molecule has 0 rings (SSSR count). The van der Waals surface area contributed by atoms with E-state index in [4.69, 9.17) is 9.47 Å². The Morgan fingerprint density at radius 2 is 2.00 bits per heavy atom. The van der Waals surface area contributed by atoms with Gasteiger partial charge in [0, 0.05) is 0 Å². The average Bonchev–Trinajstić information content (AvgIpc) is 2.22. The molecule has 0 spiro atoms. The van der Waals surface area contributed by atoms with E-state index in [2.05, 4.69) is 10.1 Å². The van der Waals surface area contributed by atoms with Crippen LogP contribution in [0.4, 0.5) is 0 Å². The van der Waals surface area contributed by atoms with Crippen LogP contribution in [0.3, 0.4) is 0 Å². The van der Waals surface area contributed by atoms with Gasteiger partial charge in [-0.25, -0.2) is 0 Å². The number of ether oxygens (including phenoxy) is 3. The van der Waals surface area contributed by atoms with Gasteiger partial charge in [0.2, 0.25) is 0 Å². The van der Waals surface area contributed by atoms with Crippen LogP contribution in [0.15, 0.2) is 0 Å². The van der Waals surface area contributed by atoms with E-state index in [1.807, 2.05) is 13.8 Å². The van der Waals surface area contributed by atoms with Crippen molar-refractivity contribution in [2.45, 2.75) is 26.0 Å². The predicted octanol–water partition coefficient (Wildman–Crippen LogP) is 0.189. The first-order chi connectivity index (χ1) is 7.11. The minimum Gasteiger partial charge on any atom is -0.468 e. The van der Waals surface area contributed by atoms with Crippen LogP contribution >= 0.6 is 0 Å². The second kappa shape index (κ2) is 8.64. The SMILES string of the molecule is CNC(COCCOC(C)C)C(=O)OC. The number of carbonyl (C=O) groups excluding carboxylic acids is 1. The number of carbonyl (C=O) groups is 1. The van der Waals surface area contributed by atoms with Crippen molar-refractivity contribution in [1.29, 1.82) is 0 Å². The summed E-state index contributed by atoms with van der Waals surface area (Å²) in [5, 5.41) is 2.81. The summed E-state index contributed by atoms with van der Waals surface area (Å²) < 4.78 is 15.1. The van der Waals surface area contributed by atoms with Crippen LogP contribution in [0.5, 0.6) is 0 Å². The lowest BCUT2D eigenvalue weighted by Crippen LogP contribution is -2.39. The maximum Gasteiger partial charge on any atom is 0.325 e. The highest BCUT2D eigenvalue weighted by atomic mass is 16.5. The molecule has 1 N–H and O–H groups in total. The van der Waals surface area contributed by atoms with Crippen molar-refractivity contribution < 1.29 is 19.0 Å². The van der Waals surface area contributed by atoms with Crippen LogP contribution in [0.1, 0.15) is 13.8 Å². The van der Waals surface area contributed by atoms with Crippen LogP contribution in [0.2, 0.25) is 0 Å². The standard InChI is InChI=1S/C10H21NO4/c1-8(2)15-6-5-14-7-9(11-3)10(12)13-4/h8-9,11H,5-7H2,1-4H3. The second-order valence-electron chi connectivity index (χ2n) is 3.36. The fourth-order valence-corrected chi connectivity index (χ4v) is 0.955. The van der Waals surface area contributed by atoms with Crippen molar-refractivity contribution in [3.05, 3.63) is 0 Å². The van der Waals surface area contributed by atoms with E-state index in [9.17, 15) is 4.79 Å². The molecule has 5 heteroatoms. The van der Waals surface area contributed by atoms with Gasteiger partial charge in [-0.15, -0.1) is 0 Å². The molecule has 0 fully saturated rings. The lowest BCUT2D eigenvalue weighted by atomic mass is 10.3. The Morgan fingerprint density at radius 3 is 2.47 bits per heavy atom. The van der Waals surface area contributed by atoms with Gasteiger partial charge in [-0.1, -0.05) is 0 Å². The van der Waals surface area contributed by atoms with Gasteiger partial charge < -0.3 is 19.5 Å². The summed E-state index contributed by atoms with van der Waals surface area (Å²) in [5.41, 5.74) is 0. The van der Waals surface area contributed by atoms with Crippen LogP contribution < -0.4 is 5.32 Å². The van der Waals surface area contributed by atoms with E-state index in [1.54, 1.807) is 7.05 Å². The van der Waals surface area contributed by atoms with Crippen LogP contribution in [-0.4, -0.2) is 52.1 Å². The molecule has 5 nitrogen and oxygen atoms in total. The first-order valence-corrected chi connectivity index (χ1v) is 5.06. The molecule has 90 valence electrons. The van der Waals surface area contributed by atoms with Gasteiger partial charge in [0.15, 0.2) is 0 Å². The Kier molecular flexibility index (Phi) is 8.27. The van der Waals surface area contributed by atoms with Crippen LogP contribution in [0, 0.1) is 0 Å². The van der Waals surface area contributed by atoms with Gasteiger partial charge in [-0.05, 0) is 20.9 Å². The Morgan fingerprint density at radius 1 is 1.33 bits per heavy atom. The fourth-order valence-electron chi connectivity index (χ4n) is 0.955. The van der Waals surface area contributed by atoms with Gasteiger partial charge in [-0.3, -0.25) is 4.79 Å². The molecule has 0 aliphatic carbocycles. The summed E-state index contributed by atoms with van der Waals surface area (Å²) >= 11 is 0. The summed E-state index contributed by atoms with van der Waals surface area (Å²) in [7, 11) is 3.05.